The van der Waals surface area contributed by atoms with Crippen LogP contribution in [-0.4, -0.2) is 9.97 Å². The first-order valence-electron chi connectivity index (χ1n) is 6.37. The second-order valence-corrected chi connectivity index (χ2v) is 5.53. The monoisotopic (exact) mass is 320 g/mol. The number of aryl methyl sites for hydroxylation is 1. The van der Waals surface area contributed by atoms with Crippen LogP contribution in [0, 0.1) is 12.7 Å². The Hall–Kier alpha value is -1.29. The first kappa shape index (κ1) is 12.7. The van der Waals surface area contributed by atoms with Crippen LogP contribution in [0.4, 0.5) is 4.39 Å². The minimum absolute atomic E-state index is 0.248. The van der Waals surface area contributed by atoms with E-state index < -0.39 is 0 Å². The summed E-state index contributed by atoms with van der Waals surface area (Å²) >= 11 is 3.47. The average molecular weight is 321 g/mol. The fourth-order valence-electron chi connectivity index (χ4n) is 2.20. The molecule has 1 aliphatic rings. The number of hydrogen-bond donors (Lipinski definition) is 0. The third-order valence-electron chi connectivity index (χ3n) is 3.45. The van der Waals surface area contributed by atoms with E-state index in [9.17, 15) is 4.39 Å². The van der Waals surface area contributed by atoms with E-state index >= 15 is 0 Å². The van der Waals surface area contributed by atoms with Crippen LogP contribution >= 0.6 is 15.9 Å². The molecule has 1 fully saturated rings. The predicted molar refractivity (Wildman–Crippen MR) is 76.8 cm³/mol. The summed E-state index contributed by atoms with van der Waals surface area (Å²) in [4.78, 5) is 9.05. The SMILES string of the molecule is Cc1ccc(F)cc1-c1ncc(CBr)c(C2CC2)n1. The van der Waals surface area contributed by atoms with Crippen molar-refractivity contribution in [2.75, 3.05) is 0 Å². The Labute approximate surface area is 120 Å². The summed E-state index contributed by atoms with van der Waals surface area (Å²) in [6, 6.07) is 4.74. The molecule has 0 unspecified atom stereocenters. The molecule has 19 heavy (non-hydrogen) atoms. The van der Waals surface area contributed by atoms with Crippen LogP contribution in [0.5, 0.6) is 0 Å². The van der Waals surface area contributed by atoms with E-state index in [1.807, 2.05) is 13.1 Å². The number of benzene rings is 1. The van der Waals surface area contributed by atoms with Gasteiger partial charge in [0.1, 0.15) is 5.82 Å². The zero-order valence-electron chi connectivity index (χ0n) is 10.7. The van der Waals surface area contributed by atoms with Gasteiger partial charge in [-0.05, 0) is 37.5 Å². The summed E-state index contributed by atoms with van der Waals surface area (Å²) in [5.41, 5.74) is 4.03. The van der Waals surface area contributed by atoms with Crippen LogP contribution in [0.25, 0.3) is 11.4 Å². The van der Waals surface area contributed by atoms with Gasteiger partial charge in [0.2, 0.25) is 0 Å². The molecule has 98 valence electrons. The van der Waals surface area contributed by atoms with Crippen molar-refractivity contribution in [2.45, 2.75) is 31.0 Å². The first-order chi connectivity index (χ1) is 9.19. The molecular formula is C15H14BrFN2. The second-order valence-electron chi connectivity index (χ2n) is 4.97. The van der Waals surface area contributed by atoms with E-state index in [4.69, 9.17) is 0 Å². The molecule has 0 N–H and O–H groups in total. The smallest absolute Gasteiger partial charge is 0.159 e. The van der Waals surface area contributed by atoms with Gasteiger partial charge < -0.3 is 0 Å². The minimum atomic E-state index is -0.248. The standard InChI is InChI=1S/C15H14BrFN2/c1-9-2-5-12(17)6-13(9)15-18-8-11(7-16)14(19-15)10-3-4-10/h2,5-6,8,10H,3-4,7H2,1H3. The van der Waals surface area contributed by atoms with E-state index in [1.165, 1.54) is 25.0 Å². The Morgan fingerprint density at radius 3 is 2.84 bits per heavy atom. The van der Waals surface area contributed by atoms with Gasteiger partial charge in [-0.15, -0.1) is 0 Å². The van der Waals surface area contributed by atoms with Crippen LogP contribution < -0.4 is 0 Å². The summed E-state index contributed by atoms with van der Waals surface area (Å²) in [6.07, 6.45) is 4.24. The molecule has 0 bridgehead atoms. The fourth-order valence-corrected chi connectivity index (χ4v) is 2.63. The molecule has 1 aromatic carbocycles. The van der Waals surface area contributed by atoms with E-state index in [-0.39, 0.29) is 5.82 Å². The highest BCUT2D eigenvalue weighted by Gasteiger charge is 2.28. The summed E-state index contributed by atoms with van der Waals surface area (Å²) < 4.78 is 13.4. The Bertz CT molecular complexity index is 624. The number of halogens is 2. The molecule has 3 rings (SSSR count). The number of nitrogens with zero attached hydrogens (tertiary/aromatic N) is 2. The molecule has 0 spiro atoms. The van der Waals surface area contributed by atoms with Crippen LogP contribution in [0.2, 0.25) is 0 Å². The molecule has 0 atom stereocenters. The molecule has 1 heterocycles. The normalized spacial score (nSPS) is 14.7. The number of hydrogen-bond acceptors (Lipinski definition) is 2. The third-order valence-corrected chi connectivity index (χ3v) is 4.05. The zero-order valence-corrected chi connectivity index (χ0v) is 12.2. The van der Waals surface area contributed by atoms with Crippen molar-refractivity contribution in [1.29, 1.82) is 0 Å². The van der Waals surface area contributed by atoms with Crippen molar-refractivity contribution in [1.82, 2.24) is 9.97 Å². The van der Waals surface area contributed by atoms with Crippen LogP contribution in [0.15, 0.2) is 24.4 Å². The van der Waals surface area contributed by atoms with Gasteiger partial charge in [0.25, 0.3) is 0 Å². The van der Waals surface area contributed by atoms with Crippen LogP contribution in [-0.2, 0) is 5.33 Å². The molecule has 1 aliphatic carbocycles. The average Bonchev–Trinajstić information content (AvgIpc) is 3.25. The summed E-state index contributed by atoms with van der Waals surface area (Å²) in [5.74, 6) is 0.938. The zero-order chi connectivity index (χ0) is 13.4. The van der Waals surface area contributed by atoms with Gasteiger partial charge in [0.05, 0.1) is 5.69 Å². The summed E-state index contributed by atoms with van der Waals surface area (Å²) in [6.45, 7) is 1.95. The van der Waals surface area contributed by atoms with Crippen LogP contribution in [0.1, 0.15) is 35.6 Å². The number of aromatic nitrogens is 2. The summed E-state index contributed by atoms with van der Waals surface area (Å²) in [7, 11) is 0. The molecule has 0 aliphatic heterocycles. The molecule has 2 nitrogen and oxygen atoms in total. The van der Waals surface area contributed by atoms with E-state index in [2.05, 4.69) is 25.9 Å². The Morgan fingerprint density at radius 2 is 2.16 bits per heavy atom. The van der Waals surface area contributed by atoms with Crippen molar-refractivity contribution in [3.8, 4) is 11.4 Å². The lowest BCUT2D eigenvalue weighted by molar-refractivity contribution is 0.627. The van der Waals surface area contributed by atoms with E-state index in [0.717, 1.165) is 27.7 Å². The van der Waals surface area contributed by atoms with Crippen molar-refractivity contribution < 1.29 is 4.39 Å². The minimum Gasteiger partial charge on any atom is -0.236 e. The Balaban J connectivity index is 2.10. The second kappa shape index (κ2) is 5.00. The van der Waals surface area contributed by atoms with E-state index in [1.54, 1.807) is 6.07 Å². The Morgan fingerprint density at radius 1 is 1.37 bits per heavy atom. The molecule has 0 amide bonds. The van der Waals surface area contributed by atoms with Gasteiger partial charge >= 0.3 is 0 Å². The maximum Gasteiger partial charge on any atom is 0.159 e. The highest BCUT2D eigenvalue weighted by Crippen LogP contribution is 2.41. The van der Waals surface area contributed by atoms with Crippen molar-refractivity contribution in [2.24, 2.45) is 0 Å². The topological polar surface area (TPSA) is 25.8 Å². The van der Waals surface area contributed by atoms with Gasteiger partial charge in [-0.1, -0.05) is 22.0 Å². The van der Waals surface area contributed by atoms with Gasteiger partial charge in [-0.25, -0.2) is 14.4 Å². The van der Waals surface area contributed by atoms with Gasteiger partial charge in [0, 0.05) is 28.6 Å². The maximum atomic E-state index is 13.4. The van der Waals surface area contributed by atoms with E-state index in [0.29, 0.717) is 11.7 Å². The quantitative estimate of drug-likeness (QED) is 0.785. The number of alkyl halides is 1. The summed E-state index contributed by atoms with van der Waals surface area (Å²) in [5, 5.41) is 0.765. The molecule has 2 aromatic rings. The Kier molecular flexibility index (Phi) is 3.35. The molecule has 1 aromatic heterocycles. The fraction of sp³-hybridized carbons (Fsp3) is 0.333. The molecule has 1 saturated carbocycles. The lowest BCUT2D eigenvalue weighted by Crippen LogP contribution is -2.00. The van der Waals surface area contributed by atoms with Gasteiger partial charge in [-0.3, -0.25) is 0 Å². The molecule has 0 radical (unpaired) electrons. The van der Waals surface area contributed by atoms with Crippen molar-refractivity contribution in [3.63, 3.8) is 0 Å². The molecule has 4 heteroatoms. The lowest BCUT2D eigenvalue weighted by Gasteiger charge is -2.09. The molecule has 0 saturated heterocycles. The highest BCUT2D eigenvalue weighted by atomic mass is 79.9. The predicted octanol–water partition coefficient (Wildman–Crippen LogP) is 4.36. The number of rotatable bonds is 3. The highest BCUT2D eigenvalue weighted by molar-refractivity contribution is 9.08. The third kappa shape index (κ3) is 2.54. The lowest BCUT2D eigenvalue weighted by atomic mass is 10.1. The van der Waals surface area contributed by atoms with Gasteiger partial charge in [-0.2, -0.15) is 0 Å². The van der Waals surface area contributed by atoms with Crippen molar-refractivity contribution >= 4 is 15.9 Å². The van der Waals surface area contributed by atoms with Gasteiger partial charge in [0.15, 0.2) is 5.82 Å². The maximum absolute atomic E-state index is 13.4. The van der Waals surface area contributed by atoms with Crippen molar-refractivity contribution in [3.05, 3.63) is 47.0 Å². The first-order valence-corrected chi connectivity index (χ1v) is 7.49. The van der Waals surface area contributed by atoms with Crippen LogP contribution in [0.3, 0.4) is 0 Å². The molecular weight excluding hydrogens is 307 g/mol. The largest absolute Gasteiger partial charge is 0.236 e.